The molecule has 2 fully saturated rings. The number of piperidine rings is 1. The van der Waals surface area contributed by atoms with Gasteiger partial charge in [0.1, 0.15) is 5.82 Å². The highest BCUT2D eigenvalue weighted by Crippen LogP contribution is 2.23. The zero-order chi connectivity index (χ0) is 20.2. The van der Waals surface area contributed by atoms with Gasteiger partial charge in [0.2, 0.25) is 5.91 Å². The van der Waals surface area contributed by atoms with Crippen molar-refractivity contribution in [3.8, 4) is 0 Å². The minimum atomic E-state index is -0.150. The van der Waals surface area contributed by atoms with E-state index < -0.39 is 0 Å². The number of carbonyl (C=O) groups is 1. The number of para-hydroxylation sites is 1. The molecule has 0 radical (unpaired) electrons. The maximum absolute atomic E-state index is 14.1. The molecule has 0 spiro atoms. The fourth-order valence-corrected chi connectivity index (χ4v) is 4.51. The van der Waals surface area contributed by atoms with Gasteiger partial charge in [-0.15, -0.1) is 0 Å². The molecular weight excluding hydrogens is 369 g/mol. The number of piperazine rings is 1. The van der Waals surface area contributed by atoms with Crippen LogP contribution in [0.15, 0.2) is 36.5 Å². The van der Waals surface area contributed by atoms with Crippen LogP contribution < -0.4 is 4.90 Å². The van der Waals surface area contributed by atoms with E-state index in [0.29, 0.717) is 24.7 Å². The summed E-state index contributed by atoms with van der Waals surface area (Å²) in [6.45, 7) is 7.77. The third-order valence-electron chi connectivity index (χ3n) is 6.24. The Morgan fingerprint density at radius 3 is 2.66 bits per heavy atom. The van der Waals surface area contributed by atoms with Crippen LogP contribution in [-0.4, -0.2) is 70.8 Å². The van der Waals surface area contributed by atoms with Crippen molar-refractivity contribution in [2.75, 3.05) is 44.2 Å². The van der Waals surface area contributed by atoms with Gasteiger partial charge < -0.3 is 9.80 Å². The summed E-state index contributed by atoms with van der Waals surface area (Å²) in [6, 6.07) is 9.37. The third kappa shape index (κ3) is 4.61. The number of hydrogen-bond donors (Lipinski definition) is 0. The van der Waals surface area contributed by atoms with E-state index in [2.05, 4.69) is 14.9 Å². The van der Waals surface area contributed by atoms with Crippen molar-refractivity contribution >= 4 is 11.6 Å². The zero-order valence-corrected chi connectivity index (χ0v) is 17.1. The van der Waals surface area contributed by atoms with Gasteiger partial charge in [-0.3, -0.25) is 14.4 Å². The van der Waals surface area contributed by atoms with Crippen molar-refractivity contribution in [1.82, 2.24) is 19.6 Å². The fourth-order valence-electron chi connectivity index (χ4n) is 4.51. The minimum absolute atomic E-state index is 0.150. The SMILES string of the molecule is Cc1ccnn1CCC(=O)N1CCCC(N2CCN(c3ccccc3F)CC2)C1. The van der Waals surface area contributed by atoms with Gasteiger partial charge in [-0.1, -0.05) is 12.1 Å². The lowest BCUT2D eigenvalue weighted by molar-refractivity contribution is -0.133. The molecule has 0 bridgehead atoms. The average molecular weight is 400 g/mol. The molecule has 2 aliphatic rings. The van der Waals surface area contributed by atoms with Crippen LogP contribution in [0, 0.1) is 12.7 Å². The van der Waals surface area contributed by atoms with E-state index in [9.17, 15) is 9.18 Å². The van der Waals surface area contributed by atoms with Crippen LogP contribution in [0.1, 0.15) is 25.0 Å². The lowest BCUT2D eigenvalue weighted by Crippen LogP contribution is -2.56. The number of halogens is 1. The molecule has 0 aliphatic carbocycles. The second kappa shape index (κ2) is 8.95. The van der Waals surface area contributed by atoms with E-state index in [0.717, 1.165) is 57.8 Å². The van der Waals surface area contributed by atoms with Crippen molar-refractivity contribution in [2.45, 2.75) is 38.8 Å². The lowest BCUT2D eigenvalue weighted by atomic mass is 10.0. The number of aromatic nitrogens is 2. The van der Waals surface area contributed by atoms with Gasteiger partial charge in [-0.2, -0.15) is 5.10 Å². The number of carbonyl (C=O) groups excluding carboxylic acids is 1. The maximum atomic E-state index is 14.1. The molecule has 0 N–H and O–H groups in total. The van der Waals surface area contributed by atoms with E-state index in [4.69, 9.17) is 0 Å². The molecule has 29 heavy (non-hydrogen) atoms. The molecule has 4 rings (SSSR count). The number of hydrogen-bond acceptors (Lipinski definition) is 4. The summed E-state index contributed by atoms with van der Waals surface area (Å²) in [6.07, 6.45) is 4.44. The fraction of sp³-hybridized carbons (Fsp3) is 0.545. The van der Waals surface area contributed by atoms with Crippen LogP contribution in [0.5, 0.6) is 0 Å². The number of aryl methyl sites for hydroxylation is 2. The molecule has 6 nitrogen and oxygen atoms in total. The second-order valence-electron chi connectivity index (χ2n) is 8.06. The Morgan fingerprint density at radius 1 is 1.14 bits per heavy atom. The van der Waals surface area contributed by atoms with Crippen LogP contribution in [0.25, 0.3) is 0 Å². The Labute approximate surface area is 171 Å². The summed E-state index contributed by atoms with van der Waals surface area (Å²) < 4.78 is 15.9. The van der Waals surface area contributed by atoms with Gasteiger partial charge in [0.15, 0.2) is 0 Å². The highest BCUT2D eigenvalue weighted by atomic mass is 19.1. The molecule has 2 aliphatic heterocycles. The Morgan fingerprint density at radius 2 is 1.93 bits per heavy atom. The number of benzene rings is 1. The normalized spacial score (nSPS) is 20.8. The summed E-state index contributed by atoms with van der Waals surface area (Å²) in [7, 11) is 0. The Kier molecular flexibility index (Phi) is 6.13. The molecule has 1 atom stereocenters. The number of likely N-dealkylation sites (tertiary alicyclic amines) is 1. The molecule has 7 heteroatoms. The topological polar surface area (TPSA) is 44.6 Å². The van der Waals surface area contributed by atoms with Crippen LogP contribution in [-0.2, 0) is 11.3 Å². The summed E-state index contributed by atoms with van der Waals surface area (Å²) in [4.78, 5) is 19.4. The first-order valence-corrected chi connectivity index (χ1v) is 10.6. The van der Waals surface area contributed by atoms with Crippen molar-refractivity contribution in [3.63, 3.8) is 0 Å². The van der Waals surface area contributed by atoms with Gasteiger partial charge in [0, 0.05) is 70.2 Å². The quantitative estimate of drug-likeness (QED) is 0.775. The standard InChI is InChI=1S/C22H30FN5O/c1-18-8-10-24-28(18)12-9-22(29)27-11-4-5-19(17-27)25-13-15-26(16-14-25)21-7-3-2-6-20(21)23/h2-3,6-8,10,19H,4-5,9,11-17H2,1H3. The molecular formula is C22H30FN5O. The van der Waals surface area contributed by atoms with Crippen LogP contribution in [0.2, 0.25) is 0 Å². The molecule has 1 aromatic carbocycles. The van der Waals surface area contributed by atoms with Crippen molar-refractivity contribution < 1.29 is 9.18 Å². The molecule has 2 saturated heterocycles. The largest absolute Gasteiger partial charge is 0.367 e. The van der Waals surface area contributed by atoms with E-state index in [1.54, 1.807) is 12.3 Å². The van der Waals surface area contributed by atoms with Crippen LogP contribution >= 0.6 is 0 Å². The first-order chi connectivity index (χ1) is 14.1. The van der Waals surface area contributed by atoms with Gasteiger partial charge in [-0.05, 0) is 38.0 Å². The minimum Gasteiger partial charge on any atom is -0.367 e. The van der Waals surface area contributed by atoms with Gasteiger partial charge in [-0.25, -0.2) is 4.39 Å². The number of rotatable bonds is 5. The van der Waals surface area contributed by atoms with E-state index >= 15 is 0 Å². The predicted molar refractivity (Wildman–Crippen MR) is 111 cm³/mol. The Hall–Kier alpha value is -2.41. The highest BCUT2D eigenvalue weighted by molar-refractivity contribution is 5.76. The third-order valence-corrected chi connectivity index (χ3v) is 6.24. The van der Waals surface area contributed by atoms with Crippen molar-refractivity contribution in [2.24, 2.45) is 0 Å². The summed E-state index contributed by atoms with van der Waals surface area (Å²) in [5.74, 6) is 0.0670. The maximum Gasteiger partial charge on any atom is 0.224 e. The highest BCUT2D eigenvalue weighted by Gasteiger charge is 2.30. The van der Waals surface area contributed by atoms with Crippen LogP contribution in [0.4, 0.5) is 10.1 Å². The summed E-state index contributed by atoms with van der Waals surface area (Å²) in [5.41, 5.74) is 1.78. The zero-order valence-electron chi connectivity index (χ0n) is 17.1. The molecule has 1 amide bonds. The molecule has 0 saturated carbocycles. The van der Waals surface area contributed by atoms with Gasteiger partial charge >= 0.3 is 0 Å². The van der Waals surface area contributed by atoms with Crippen molar-refractivity contribution in [1.29, 1.82) is 0 Å². The number of anilines is 1. The first kappa shape index (κ1) is 19.9. The molecule has 156 valence electrons. The monoisotopic (exact) mass is 399 g/mol. The van der Waals surface area contributed by atoms with Gasteiger partial charge in [0.25, 0.3) is 0 Å². The summed E-state index contributed by atoms with van der Waals surface area (Å²) in [5, 5.41) is 4.27. The second-order valence-corrected chi connectivity index (χ2v) is 8.06. The molecule has 1 aromatic heterocycles. The van der Waals surface area contributed by atoms with E-state index in [1.807, 2.05) is 34.7 Å². The molecule has 2 aromatic rings. The Balaban J connectivity index is 1.28. The average Bonchev–Trinajstić information content (AvgIpc) is 3.17. The predicted octanol–water partition coefficient (Wildman–Crippen LogP) is 2.53. The van der Waals surface area contributed by atoms with E-state index in [1.165, 1.54) is 6.07 Å². The smallest absolute Gasteiger partial charge is 0.224 e. The van der Waals surface area contributed by atoms with Gasteiger partial charge in [0.05, 0.1) is 5.69 Å². The molecule has 3 heterocycles. The first-order valence-electron chi connectivity index (χ1n) is 10.6. The lowest BCUT2D eigenvalue weighted by Gasteiger charge is -2.44. The Bertz CT molecular complexity index is 830. The van der Waals surface area contributed by atoms with Crippen molar-refractivity contribution in [3.05, 3.63) is 48.0 Å². The number of nitrogens with zero attached hydrogens (tertiary/aromatic N) is 5. The van der Waals surface area contributed by atoms with E-state index in [-0.39, 0.29) is 11.7 Å². The molecule has 1 unspecified atom stereocenters. The van der Waals surface area contributed by atoms with Crippen LogP contribution in [0.3, 0.4) is 0 Å². The number of amides is 1. The summed E-state index contributed by atoms with van der Waals surface area (Å²) >= 11 is 0.